The third kappa shape index (κ3) is 5.04. The van der Waals surface area contributed by atoms with Crippen molar-refractivity contribution in [1.29, 1.82) is 0 Å². The molecule has 0 aliphatic carbocycles. The van der Waals surface area contributed by atoms with Crippen LogP contribution < -0.4 is 0 Å². The summed E-state index contributed by atoms with van der Waals surface area (Å²) >= 11 is 0. The summed E-state index contributed by atoms with van der Waals surface area (Å²) < 4.78 is 5.54. The van der Waals surface area contributed by atoms with Gasteiger partial charge in [0.2, 0.25) is 5.91 Å². The first-order chi connectivity index (χ1) is 7.79. The average molecular weight is 242 g/mol. The van der Waals surface area contributed by atoms with Gasteiger partial charge in [-0.3, -0.25) is 4.79 Å². The highest BCUT2D eigenvalue weighted by Crippen LogP contribution is 2.14. The van der Waals surface area contributed by atoms with Gasteiger partial charge >= 0.3 is 0 Å². The number of amides is 1. The number of rotatable bonds is 3. The molecule has 100 valence electrons. The van der Waals surface area contributed by atoms with Gasteiger partial charge in [-0.05, 0) is 47.7 Å². The second-order valence-electron chi connectivity index (χ2n) is 6.00. The van der Waals surface area contributed by atoms with E-state index < -0.39 is 0 Å². The molecule has 17 heavy (non-hydrogen) atoms. The fourth-order valence-corrected chi connectivity index (χ4v) is 1.97. The molecule has 0 aromatic heterocycles. The number of piperidine rings is 1. The van der Waals surface area contributed by atoms with Gasteiger partial charge in [-0.2, -0.15) is 0 Å². The van der Waals surface area contributed by atoms with Crippen LogP contribution >= 0.6 is 0 Å². The van der Waals surface area contributed by atoms with Crippen LogP contribution in [-0.4, -0.2) is 61.1 Å². The Morgan fingerprint density at radius 3 is 2.59 bits per heavy atom. The minimum absolute atomic E-state index is 0.117. The number of hydrogen-bond acceptors (Lipinski definition) is 3. The number of nitrogens with zero attached hydrogens (tertiary/aromatic N) is 2. The van der Waals surface area contributed by atoms with Crippen molar-refractivity contribution in [2.24, 2.45) is 0 Å². The second-order valence-corrected chi connectivity index (χ2v) is 6.00. The Bertz CT molecular complexity index is 259. The lowest BCUT2D eigenvalue weighted by molar-refractivity contribution is -0.142. The van der Waals surface area contributed by atoms with E-state index in [2.05, 4.69) is 19.0 Å². The van der Waals surface area contributed by atoms with Crippen LogP contribution in [0.5, 0.6) is 0 Å². The molecule has 0 spiro atoms. The summed E-state index contributed by atoms with van der Waals surface area (Å²) in [6, 6.07) is 0.488. The molecule has 0 bridgehead atoms. The van der Waals surface area contributed by atoms with E-state index in [1.807, 2.05) is 25.7 Å². The van der Waals surface area contributed by atoms with Crippen molar-refractivity contribution < 1.29 is 9.53 Å². The third-order valence-corrected chi connectivity index (χ3v) is 3.11. The zero-order chi connectivity index (χ0) is 13.1. The first-order valence-corrected chi connectivity index (χ1v) is 6.38. The Labute approximate surface area is 105 Å². The standard InChI is InChI=1S/C13H26N2O2/c1-13(2,3)17-10-12(16)15-8-6-7-11(9-15)14(4)5/h11H,6-10H2,1-5H3. The van der Waals surface area contributed by atoms with Crippen molar-refractivity contribution >= 4 is 5.91 Å². The molecule has 0 saturated carbocycles. The molecule has 0 N–H and O–H groups in total. The van der Waals surface area contributed by atoms with Gasteiger partial charge in [0.1, 0.15) is 6.61 Å². The Kier molecular flexibility index (Phi) is 4.95. The number of hydrogen-bond donors (Lipinski definition) is 0. The quantitative estimate of drug-likeness (QED) is 0.749. The van der Waals surface area contributed by atoms with E-state index in [0.717, 1.165) is 19.5 Å². The molecule has 0 radical (unpaired) electrons. The molecular weight excluding hydrogens is 216 g/mol. The van der Waals surface area contributed by atoms with Crippen LogP contribution in [0.3, 0.4) is 0 Å². The van der Waals surface area contributed by atoms with Crippen LogP contribution in [-0.2, 0) is 9.53 Å². The normalized spacial score (nSPS) is 22.0. The summed E-state index contributed by atoms with van der Waals surface area (Å²) in [4.78, 5) is 16.1. The predicted octanol–water partition coefficient (Wildman–Crippen LogP) is 1.35. The molecule has 1 atom stereocenters. The van der Waals surface area contributed by atoms with Crippen molar-refractivity contribution in [1.82, 2.24) is 9.80 Å². The molecule has 1 rings (SSSR count). The van der Waals surface area contributed by atoms with Gasteiger partial charge in [-0.25, -0.2) is 0 Å². The number of ether oxygens (including phenoxy) is 1. The summed E-state index contributed by atoms with van der Waals surface area (Å²) in [5, 5.41) is 0. The molecule has 1 heterocycles. The highest BCUT2D eigenvalue weighted by molar-refractivity contribution is 5.77. The third-order valence-electron chi connectivity index (χ3n) is 3.11. The van der Waals surface area contributed by atoms with Crippen LogP contribution in [0.15, 0.2) is 0 Å². The van der Waals surface area contributed by atoms with Crippen LogP contribution in [0.2, 0.25) is 0 Å². The van der Waals surface area contributed by atoms with E-state index in [1.54, 1.807) is 0 Å². The maximum atomic E-state index is 12.0. The Morgan fingerprint density at radius 2 is 2.06 bits per heavy atom. The molecule has 4 heteroatoms. The Morgan fingerprint density at radius 1 is 1.41 bits per heavy atom. The first-order valence-electron chi connectivity index (χ1n) is 6.38. The number of carbonyl (C=O) groups excluding carboxylic acids is 1. The van der Waals surface area contributed by atoms with Crippen LogP contribution in [0.25, 0.3) is 0 Å². The molecule has 1 aliphatic rings. The van der Waals surface area contributed by atoms with Gasteiger partial charge in [-0.15, -0.1) is 0 Å². The zero-order valence-corrected chi connectivity index (χ0v) is 11.8. The van der Waals surface area contributed by atoms with E-state index in [0.29, 0.717) is 6.04 Å². The fraction of sp³-hybridized carbons (Fsp3) is 0.923. The Hall–Kier alpha value is -0.610. The molecule has 0 aromatic carbocycles. The highest BCUT2D eigenvalue weighted by Gasteiger charge is 2.25. The van der Waals surface area contributed by atoms with E-state index >= 15 is 0 Å². The van der Waals surface area contributed by atoms with E-state index in [-0.39, 0.29) is 18.1 Å². The van der Waals surface area contributed by atoms with Crippen molar-refractivity contribution in [3.05, 3.63) is 0 Å². The van der Waals surface area contributed by atoms with Gasteiger partial charge in [0.05, 0.1) is 5.60 Å². The van der Waals surface area contributed by atoms with Crippen LogP contribution in [0.4, 0.5) is 0 Å². The average Bonchev–Trinajstić information content (AvgIpc) is 2.25. The van der Waals surface area contributed by atoms with E-state index in [4.69, 9.17) is 4.74 Å². The Balaban J connectivity index is 2.41. The molecular formula is C13H26N2O2. The second kappa shape index (κ2) is 5.83. The van der Waals surface area contributed by atoms with E-state index in [9.17, 15) is 4.79 Å². The summed E-state index contributed by atoms with van der Waals surface area (Å²) in [6.45, 7) is 7.82. The number of likely N-dealkylation sites (tertiary alicyclic amines) is 1. The maximum Gasteiger partial charge on any atom is 0.248 e. The van der Waals surface area contributed by atoms with Gasteiger partial charge in [0, 0.05) is 19.1 Å². The van der Waals surface area contributed by atoms with Crippen LogP contribution in [0.1, 0.15) is 33.6 Å². The molecule has 1 unspecified atom stereocenters. The van der Waals surface area contributed by atoms with Crippen LogP contribution in [0, 0.1) is 0 Å². The highest BCUT2D eigenvalue weighted by atomic mass is 16.5. The summed E-state index contributed by atoms with van der Waals surface area (Å²) in [5.41, 5.74) is -0.244. The van der Waals surface area contributed by atoms with Gasteiger partial charge in [0.25, 0.3) is 0 Å². The maximum absolute atomic E-state index is 12.0. The number of carbonyl (C=O) groups is 1. The number of likely N-dealkylation sites (N-methyl/N-ethyl adjacent to an activating group) is 1. The van der Waals surface area contributed by atoms with Crippen molar-refractivity contribution in [3.63, 3.8) is 0 Å². The lowest BCUT2D eigenvalue weighted by Gasteiger charge is -2.36. The summed E-state index contributed by atoms with van der Waals surface area (Å²) in [6.07, 6.45) is 2.26. The molecule has 1 amide bonds. The molecule has 0 aromatic rings. The first kappa shape index (κ1) is 14.5. The largest absolute Gasteiger partial charge is 0.366 e. The fourth-order valence-electron chi connectivity index (χ4n) is 1.97. The SMILES string of the molecule is CN(C)C1CCCN(C(=O)COC(C)(C)C)C1. The molecule has 1 fully saturated rings. The predicted molar refractivity (Wildman–Crippen MR) is 69.0 cm³/mol. The summed E-state index contributed by atoms with van der Waals surface area (Å²) in [5.74, 6) is 0.117. The van der Waals surface area contributed by atoms with Crippen molar-refractivity contribution in [2.45, 2.75) is 45.3 Å². The van der Waals surface area contributed by atoms with Gasteiger partial charge in [0.15, 0.2) is 0 Å². The van der Waals surface area contributed by atoms with Gasteiger partial charge in [-0.1, -0.05) is 0 Å². The topological polar surface area (TPSA) is 32.8 Å². The van der Waals surface area contributed by atoms with E-state index in [1.165, 1.54) is 6.42 Å². The smallest absolute Gasteiger partial charge is 0.248 e. The van der Waals surface area contributed by atoms with Crippen molar-refractivity contribution in [2.75, 3.05) is 33.8 Å². The molecule has 4 nitrogen and oxygen atoms in total. The van der Waals surface area contributed by atoms with Crippen molar-refractivity contribution in [3.8, 4) is 0 Å². The molecule has 1 aliphatic heterocycles. The van der Waals surface area contributed by atoms with Gasteiger partial charge < -0.3 is 14.5 Å². The zero-order valence-electron chi connectivity index (χ0n) is 11.8. The lowest BCUT2D eigenvalue weighted by Crippen LogP contribution is -2.48. The lowest BCUT2D eigenvalue weighted by atomic mass is 10.1. The monoisotopic (exact) mass is 242 g/mol. The molecule has 1 saturated heterocycles. The minimum Gasteiger partial charge on any atom is -0.366 e. The summed E-state index contributed by atoms with van der Waals surface area (Å²) in [7, 11) is 4.15. The minimum atomic E-state index is -0.244.